The minimum Gasteiger partial charge on any atom is -0.494 e. The van der Waals surface area contributed by atoms with Gasteiger partial charge in [-0.1, -0.05) is 6.07 Å². The number of rotatable bonds is 6. The molecule has 1 fully saturated rings. The highest BCUT2D eigenvalue weighted by molar-refractivity contribution is 5.67. The van der Waals surface area contributed by atoms with Crippen LogP contribution in [-0.2, 0) is 11.2 Å². The Morgan fingerprint density at radius 3 is 2.78 bits per heavy atom. The molecule has 1 aromatic rings. The molecule has 1 saturated carbocycles. The smallest absolute Gasteiger partial charge is 0.303 e. The molecule has 1 unspecified atom stereocenters. The SMILES string of the molecule is COc1ccc(CC(CC(=O)O)C2CC2)cc1F. The van der Waals surface area contributed by atoms with Gasteiger partial charge in [0, 0.05) is 6.42 Å². The topological polar surface area (TPSA) is 46.5 Å². The molecule has 0 saturated heterocycles. The molecular formula is C14H17FO3. The van der Waals surface area contributed by atoms with E-state index in [-0.39, 0.29) is 23.9 Å². The van der Waals surface area contributed by atoms with E-state index in [0.29, 0.717) is 12.3 Å². The van der Waals surface area contributed by atoms with E-state index in [4.69, 9.17) is 9.84 Å². The monoisotopic (exact) mass is 252 g/mol. The highest BCUT2D eigenvalue weighted by atomic mass is 19.1. The van der Waals surface area contributed by atoms with Gasteiger partial charge in [0.2, 0.25) is 0 Å². The van der Waals surface area contributed by atoms with Crippen molar-refractivity contribution >= 4 is 5.97 Å². The molecule has 1 aromatic carbocycles. The molecule has 98 valence electrons. The standard InChI is InChI=1S/C14H17FO3/c1-18-13-5-2-9(7-12(13)15)6-11(8-14(16)17)10-3-4-10/h2,5,7,10-11H,3-4,6,8H2,1H3,(H,16,17). The summed E-state index contributed by atoms with van der Waals surface area (Å²) in [7, 11) is 1.43. The average molecular weight is 252 g/mol. The third-order valence-corrected chi connectivity index (χ3v) is 3.44. The Balaban J connectivity index is 2.06. The van der Waals surface area contributed by atoms with E-state index in [0.717, 1.165) is 18.4 Å². The summed E-state index contributed by atoms with van der Waals surface area (Å²) in [5.41, 5.74) is 0.839. The van der Waals surface area contributed by atoms with E-state index >= 15 is 0 Å². The summed E-state index contributed by atoms with van der Waals surface area (Å²) in [6.45, 7) is 0. The van der Waals surface area contributed by atoms with E-state index in [2.05, 4.69) is 0 Å². The molecule has 1 atom stereocenters. The Morgan fingerprint density at radius 2 is 2.28 bits per heavy atom. The predicted molar refractivity (Wildman–Crippen MR) is 65.1 cm³/mol. The Bertz CT molecular complexity index is 441. The summed E-state index contributed by atoms with van der Waals surface area (Å²) in [6, 6.07) is 4.84. The van der Waals surface area contributed by atoms with Crippen LogP contribution in [0.4, 0.5) is 4.39 Å². The van der Waals surface area contributed by atoms with Crippen LogP contribution in [0.2, 0.25) is 0 Å². The van der Waals surface area contributed by atoms with E-state index in [1.165, 1.54) is 13.2 Å². The van der Waals surface area contributed by atoms with Crippen molar-refractivity contribution in [3.63, 3.8) is 0 Å². The minimum atomic E-state index is -0.777. The quantitative estimate of drug-likeness (QED) is 0.846. The van der Waals surface area contributed by atoms with Crippen molar-refractivity contribution in [2.45, 2.75) is 25.7 Å². The van der Waals surface area contributed by atoms with Crippen LogP contribution in [0.1, 0.15) is 24.8 Å². The molecular weight excluding hydrogens is 235 g/mol. The highest BCUT2D eigenvalue weighted by Gasteiger charge is 2.32. The van der Waals surface area contributed by atoms with Gasteiger partial charge in [-0.3, -0.25) is 4.79 Å². The Hall–Kier alpha value is -1.58. The summed E-state index contributed by atoms with van der Waals surface area (Å²) < 4.78 is 18.4. The van der Waals surface area contributed by atoms with Gasteiger partial charge in [-0.15, -0.1) is 0 Å². The number of carboxylic acids is 1. The second kappa shape index (κ2) is 5.38. The minimum absolute atomic E-state index is 0.121. The van der Waals surface area contributed by atoms with Crippen molar-refractivity contribution in [1.82, 2.24) is 0 Å². The second-order valence-electron chi connectivity index (χ2n) is 4.87. The van der Waals surface area contributed by atoms with E-state index in [1.54, 1.807) is 12.1 Å². The summed E-state index contributed by atoms with van der Waals surface area (Å²) >= 11 is 0. The molecule has 0 heterocycles. The number of benzene rings is 1. The predicted octanol–water partition coefficient (Wildman–Crippen LogP) is 2.88. The van der Waals surface area contributed by atoms with Gasteiger partial charge in [-0.25, -0.2) is 4.39 Å². The van der Waals surface area contributed by atoms with Gasteiger partial charge in [0.15, 0.2) is 11.6 Å². The van der Waals surface area contributed by atoms with Gasteiger partial charge < -0.3 is 9.84 Å². The molecule has 0 bridgehead atoms. The van der Waals surface area contributed by atoms with Gasteiger partial charge in [0.1, 0.15) is 0 Å². The van der Waals surface area contributed by atoms with Crippen LogP contribution >= 0.6 is 0 Å². The summed E-state index contributed by atoms with van der Waals surface area (Å²) in [5.74, 6) is -0.331. The van der Waals surface area contributed by atoms with Crippen LogP contribution in [0.5, 0.6) is 5.75 Å². The van der Waals surface area contributed by atoms with Crippen LogP contribution in [0.3, 0.4) is 0 Å². The summed E-state index contributed by atoms with van der Waals surface area (Å²) in [4.78, 5) is 10.8. The third kappa shape index (κ3) is 3.22. The highest BCUT2D eigenvalue weighted by Crippen LogP contribution is 2.40. The lowest BCUT2D eigenvalue weighted by atomic mass is 9.92. The maximum absolute atomic E-state index is 13.5. The van der Waals surface area contributed by atoms with Gasteiger partial charge in [-0.05, 0) is 48.8 Å². The lowest BCUT2D eigenvalue weighted by Gasteiger charge is -2.14. The second-order valence-corrected chi connectivity index (χ2v) is 4.87. The lowest BCUT2D eigenvalue weighted by Crippen LogP contribution is -2.13. The number of halogens is 1. The van der Waals surface area contributed by atoms with Gasteiger partial charge in [-0.2, -0.15) is 0 Å². The molecule has 1 aliphatic rings. The average Bonchev–Trinajstić information content (AvgIpc) is 3.11. The molecule has 0 spiro atoms. The first-order chi connectivity index (χ1) is 8.60. The molecule has 1 N–H and O–H groups in total. The van der Waals surface area contributed by atoms with E-state index in [9.17, 15) is 9.18 Å². The summed E-state index contributed by atoms with van der Waals surface area (Å²) in [5, 5.41) is 8.88. The number of hydrogen-bond donors (Lipinski definition) is 1. The van der Waals surface area contributed by atoms with Crippen LogP contribution < -0.4 is 4.74 Å². The molecule has 0 amide bonds. The van der Waals surface area contributed by atoms with Gasteiger partial charge in [0.05, 0.1) is 7.11 Å². The largest absolute Gasteiger partial charge is 0.494 e. The lowest BCUT2D eigenvalue weighted by molar-refractivity contribution is -0.138. The van der Waals surface area contributed by atoms with Crippen LogP contribution in [0.15, 0.2) is 18.2 Å². The fraction of sp³-hybridized carbons (Fsp3) is 0.500. The van der Waals surface area contributed by atoms with E-state index < -0.39 is 5.97 Å². The molecule has 2 rings (SSSR count). The van der Waals surface area contributed by atoms with Crippen LogP contribution in [0, 0.1) is 17.7 Å². The van der Waals surface area contributed by atoms with Crippen molar-refractivity contribution < 1.29 is 19.0 Å². The number of hydrogen-bond acceptors (Lipinski definition) is 2. The zero-order valence-electron chi connectivity index (χ0n) is 10.4. The fourth-order valence-electron chi connectivity index (χ4n) is 2.34. The van der Waals surface area contributed by atoms with Crippen molar-refractivity contribution in [2.24, 2.45) is 11.8 Å². The molecule has 4 heteroatoms. The zero-order valence-corrected chi connectivity index (χ0v) is 10.4. The maximum atomic E-state index is 13.5. The van der Waals surface area contributed by atoms with Crippen LogP contribution in [-0.4, -0.2) is 18.2 Å². The number of carbonyl (C=O) groups is 1. The van der Waals surface area contributed by atoms with Crippen molar-refractivity contribution in [3.05, 3.63) is 29.6 Å². The van der Waals surface area contributed by atoms with Gasteiger partial charge >= 0.3 is 5.97 Å². The first-order valence-electron chi connectivity index (χ1n) is 6.14. The molecule has 0 radical (unpaired) electrons. The van der Waals surface area contributed by atoms with Crippen molar-refractivity contribution in [1.29, 1.82) is 0 Å². The molecule has 1 aliphatic carbocycles. The third-order valence-electron chi connectivity index (χ3n) is 3.44. The van der Waals surface area contributed by atoms with Crippen molar-refractivity contribution in [3.8, 4) is 5.75 Å². The molecule has 0 aromatic heterocycles. The Labute approximate surface area is 106 Å². The fourth-order valence-corrected chi connectivity index (χ4v) is 2.34. The first-order valence-corrected chi connectivity index (χ1v) is 6.14. The number of carboxylic acid groups (broad SMARTS) is 1. The molecule has 0 aliphatic heterocycles. The number of ether oxygens (including phenoxy) is 1. The molecule has 18 heavy (non-hydrogen) atoms. The number of aliphatic carboxylic acids is 1. The van der Waals surface area contributed by atoms with Gasteiger partial charge in [0.25, 0.3) is 0 Å². The zero-order chi connectivity index (χ0) is 13.1. The van der Waals surface area contributed by atoms with Crippen molar-refractivity contribution in [2.75, 3.05) is 7.11 Å². The first kappa shape index (κ1) is 12.9. The Kier molecular flexibility index (Phi) is 3.84. The summed E-state index contributed by atoms with van der Waals surface area (Å²) in [6.07, 6.45) is 2.98. The molecule has 3 nitrogen and oxygen atoms in total. The van der Waals surface area contributed by atoms with Crippen LogP contribution in [0.25, 0.3) is 0 Å². The maximum Gasteiger partial charge on any atom is 0.303 e. The Morgan fingerprint density at radius 1 is 1.56 bits per heavy atom. The number of methoxy groups -OCH3 is 1. The van der Waals surface area contributed by atoms with E-state index in [1.807, 2.05) is 0 Å². The normalized spacial score (nSPS) is 16.3.